The van der Waals surface area contributed by atoms with Gasteiger partial charge in [0.2, 0.25) is 0 Å². The quantitative estimate of drug-likeness (QED) is 0.896. The minimum absolute atomic E-state index is 0.250. The Morgan fingerprint density at radius 2 is 1.84 bits per heavy atom. The second-order valence-corrected chi connectivity index (χ2v) is 5.09. The van der Waals surface area contributed by atoms with Crippen LogP contribution in [0.1, 0.15) is 31.2 Å². The number of rotatable bonds is 2. The zero-order valence-electron chi connectivity index (χ0n) is 10.6. The molecule has 0 spiro atoms. The molecule has 0 bridgehead atoms. The Bertz CT molecular complexity index is 563. The fourth-order valence-electron chi connectivity index (χ4n) is 2.59. The van der Waals surface area contributed by atoms with Crippen LogP contribution in [0.4, 0.5) is 0 Å². The van der Waals surface area contributed by atoms with Crippen molar-refractivity contribution in [1.29, 1.82) is 0 Å². The first-order chi connectivity index (χ1) is 9.17. The lowest BCUT2D eigenvalue weighted by molar-refractivity contribution is -0.125. The Morgan fingerprint density at radius 3 is 2.42 bits per heavy atom. The first kappa shape index (κ1) is 12.1. The Kier molecular flexibility index (Phi) is 2.95. The van der Waals surface area contributed by atoms with Crippen LogP contribution in [0.3, 0.4) is 0 Å². The van der Waals surface area contributed by atoms with Gasteiger partial charge < -0.3 is 9.67 Å². The van der Waals surface area contributed by atoms with Crippen molar-refractivity contribution in [3.63, 3.8) is 0 Å². The lowest BCUT2D eigenvalue weighted by atomic mass is 9.79. The van der Waals surface area contributed by atoms with Crippen LogP contribution in [-0.2, 0) is 10.4 Å². The van der Waals surface area contributed by atoms with Crippen LogP contribution < -0.4 is 0 Å². The van der Waals surface area contributed by atoms with E-state index >= 15 is 0 Å². The van der Waals surface area contributed by atoms with Crippen LogP contribution in [0.15, 0.2) is 43.0 Å². The zero-order chi connectivity index (χ0) is 13.3. The lowest BCUT2D eigenvalue weighted by Crippen LogP contribution is -2.31. The summed E-state index contributed by atoms with van der Waals surface area (Å²) in [5, 5.41) is 10.6. The van der Waals surface area contributed by atoms with E-state index in [2.05, 4.69) is 4.98 Å². The third kappa shape index (κ3) is 2.31. The van der Waals surface area contributed by atoms with E-state index in [-0.39, 0.29) is 5.78 Å². The molecule has 0 unspecified atom stereocenters. The summed E-state index contributed by atoms with van der Waals surface area (Å²) in [5.74, 6) is 0.250. The number of imidazole rings is 1. The minimum Gasteiger partial charge on any atom is -0.385 e. The van der Waals surface area contributed by atoms with E-state index in [0.29, 0.717) is 25.7 Å². The van der Waals surface area contributed by atoms with Gasteiger partial charge in [-0.05, 0) is 30.5 Å². The summed E-state index contributed by atoms with van der Waals surface area (Å²) in [6.45, 7) is 0. The highest BCUT2D eigenvalue weighted by atomic mass is 16.3. The smallest absolute Gasteiger partial charge is 0.133 e. The second kappa shape index (κ2) is 4.63. The van der Waals surface area contributed by atoms with E-state index in [1.165, 1.54) is 0 Å². The van der Waals surface area contributed by atoms with Gasteiger partial charge in [-0.25, -0.2) is 4.98 Å². The molecule has 0 aliphatic heterocycles. The van der Waals surface area contributed by atoms with Crippen LogP contribution in [0.25, 0.3) is 5.69 Å². The molecule has 0 radical (unpaired) electrons. The molecule has 98 valence electrons. The number of aliphatic hydroxyl groups is 1. The summed E-state index contributed by atoms with van der Waals surface area (Å²) in [5.41, 5.74) is 1.06. The number of aromatic nitrogens is 2. The predicted octanol–water partition coefficient (Wildman–Crippen LogP) is 2.20. The summed E-state index contributed by atoms with van der Waals surface area (Å²) >= 11 is 0. The molecule has 4 heteroatoms. The van der Waals surface area contributed by atoms with E-state index in [0.717, 1.165) is 11.3 Å². The van der Waals surface area contributed by atoms with Crippen LogP contribution in [0.5, 0.6) is 0 Å². The lowest BCUT2D eigenvalue weighted by Gasteiger charge is -2.32. The molecule has 1 heterocycles. The van der Waals surface area contributed by atoms with E-state index in [4.69, 9.17) is 0 Å². The van der Waals surface area contributed by atoms with Gasteiger partial charge in [0.15, 0.2) is 0 Å². The molecular formula is C15H16N2O2. The van der Waals surface area contributed by atoms with Gasteiger partial charge >= 0.3 is 0 Å². The van der Waals surface area contributed by atoms with E-state index in [1.54, 1.807) is 12.5 Å². The molecular weight excluding hydrogens is 240 g/mol. The van der Waals surface area contributed by atoms with Gasteiger partial charge in [-0.15, -0.1) is 0 Å². The van der Waals surface area contributed by atoms with Gasteiger partial charge in [-0.2, -0.15) is 0 Å². The SMILES string of the molecule is O=C1CCC(O)(c2ccc(-n3ccnc3)cc2)CC1. The summed E-state index contributed by atoms with van der Waals surface area (Å²) in [6.07, 6.45) is 7.34. The molecule has 1 aromatic heterocycles. The zero-order valence-corrected chi connectivity index (χ0v) is 10.6. The van der Waals surface area contributed by atoms with Crippen molar-refractivity contribution in [1.82, 2.24) is 9.55 Å². The van der Waals surface area contributed by atoms with Crippen molar-refractivity contribution in [3.05, 3.63) is 48.5 Å². The van der Waals surface area contributed by atoms with Gasteiger partial charge in [-0.3, -0.25) is 4.79 Å². The maximum absolute atomic E-state index is 11.3. The topological polar surface area (TPSA) is 55.1 Å². The number of benzene rings is 1. The van der Waals surface area contributed by atoms with Crippen LogP contribution in [-0.4, -0.2) is 20.4 Å². The van der Waals surface area contributed by atoms with Gasteiger partial charge in [0.1, 0.15) is 5.78 Å². The van der Waals surface area contributed by atoms with Crippen LogP contribution in [0, 0.1) is 0 Å². The van der Waals surface area contributed by atoms with E-state index in [9.17, 15) is 9.90 Å². The predicted molar refractivity (Wildman–Crippen MR) is 70.9 cm³/mol. The van der Waals surface area contributed by atoms with E-state index < -0.39 is 5.60 Å². The van der Waals surface area contributed by atoms with Gasteiger partial charge in [-0.1, -0.05) is 12.1 Å². The van der Waals surface area contributed by atoms with E-state index in [1.807, 2.05) is 35.0 Å². The molecule has 1 saturated carbocycles. The fourth-order valence-corrected chi connectivity index (χ4v) is 2.59. The largest absolute Gasteiger partial charge is 0.385 e. The Labute approximate surface area is 111 Å². The molecule has 4 nitrogen and oxygen atoms in total. The molecule has 0 atom stereocenters. The monoisotopic (exact) mass is 256 g/mol. The molecule has 19 heavy (non-hydrogen) atoms. The number of Topliss-reactive ketones (excluding diaryl/α,β-unsaturated/α-hetero) is 1. The first-order valence-corrected chi connectivity index (χ1v) is 6.50. The van der Waals surface area contributed by atoms with Crippen molar-refractivity contribution in [3.8, 4) is 5.69 Å². The number of carbonyl (C=O) groups excluding carboxylic acids is 1. The number of nitrogens with zero attached hydrogens (tertiary/aromatic N) is 2. The molecule has 2 aromatic rings. The highest BCUT2D eigenvalue weighted by Crippen LogP contribution is 2.35. The van der Waals surface area contributed by atoms with Crippen molar-refractivity contribution in [2.45, 2.75) is 31.3 Å². The maximum Gasteiger partial charge on any atom is 0.133 e. The standard InChI is InChI=1S/C15H16N2O2/c18-14-5-7-15(19,8-6-14)12-1-3-13(4-2-12)17-10-9-16-11-17/h1-4,9-11,19H,5-8H2. The highest BCUT2D eigenvalue weighted by Gasteiger charge is 2.33. The Morgan fingerprint density at radius 1 is 1.16 bits per heavy atom. The van der Waals surface area contributed by atoms with Gasteiger partial charge in [0, 0.05) is 30.9 Å². The maximum atomic E-state index is 11.3. The Hall–Kier alpha value is -1.94. The minimum atomic E-state index is -0.846. The Balaban J connectivity index is 1.84. The summed E-state index contributed by atoms with van der Waals surface area (Å²) < 4.78 is 1.91. The number of hydrogen-bond acceptors (Lipinski definition) is 3. The molecule has 1 aromatic carbocycles. The van der Waals surface area contributed by atoms with Gasteiger partial charge in [0.25, 0.3) is 0 Å². The average Bonchev–Trinajstić information content (AvgIpc) is 2.97. The molecule has 1 aliphatic carbocycles. The van der Waals surface area contributed by atoms with Crippen molar-refractivity contribution in [2.75, 3.05) is 0 Å². The number of carbonyl (C=O) groups is 1. The third-order valence-corrected chi connectivity index (χ3v) is 3.84. The molecule has 1 N–H and O–H groups in total. The second-order valence-electron chi connectivity index (χ2n) is 5.09. The molecule has 1 aliphatic rings. The normalized spacial score (nSPS) is 18.5. The molecule has 3 rings (SSSR count). The number of ketones is 1. The molecule has 0 saturated heterocycles. The van der Waals surface area contributed by atoms with Crippen molar-refractivity contribution >= 4 is 5.78 Å². The molecule has 0 amide bonds. The van der Waals surface area contributed by atoms with Gasteiger partial charge in [0.05, 0.1) is 11.9 Å². The summed E-state index contributed by atoms with van der Waals surface area (Å²) in [6, 6.07) is 7.80. The fraction of sp³-hybridized carbons (Fsp3) is 0.333. The number of hydrogen-bond donors (Lipinski definition) is 1. The van der Waals surface area contributed by atoms with Crippen molar-refractivity contribution < 1.29 is 9.90 Å². The summed E-state index contributed by atoms with van der Waals surface area (Å²) in [7, 11) is 0. The van der Waals surface area contributed by atoms with Crippen LogP contribution >= 0.6 is 0 Å². The van der Waals surface area contributed by atoms with Crippen LogP contribution in [0.2, 0.25) is 0 Å². The summed E-state index contributed by atoms with van der Waals surface area (Å²) in [4.78, 5) is 15.3. The first-order valence-electron chi connectivity index (χ1n) is 6.50. The highest BCUT2D eigenvalue weighted by molar-refractivity contribution is 5.79. The van der Waals surface area contributed by atoms with Crippen molar-refractivity contribution in [2.24, 2.45) is 0 Å². The molecule has 1 fully saturated rings. The third-order valence-electron chi connectivity index (χ3n) is 3.84. The average molecular weight is 256 g/mol.